The molecule has 4 rings (SSSR count). The average Bonchev–Trinajstić information content (AvgIpc) is 3.18. The molecule has 1 aromatic carbocycles. The number of benzene rings is 1. The van der Waals surface area contributed by atoms with Crippen molar-refractivity contribution in [3.63, 3.8) is 0 Å². The molecule has 31 heavy (non-hydrogen) atoms. The van der Waals surface area contributed by atoms with Gasteiger partial charge in [-0.3, -0.25) is 9.59 Å². The molecule has 0 spiro atoms. The number of rotatable bonds is 4. The first-order chi connectivity index (χ1) is 14.7. The highest BCUT2D eigenvalue weighted by Gasteiger charge is 2.41. The number of carbonyl (C=O) groups excluding carboxylic acids is 2. The highest BCUT2D eigenvalue weighted by Crippen LogP contribution is 2.34. The molecule has 0 saturated carbocycles. The Morgan fingerprint density at radius 1 is 1.29 bits per heavy atom. The number of hydrogen-bond acceptors (Lipinski definition) is 4. The number of nitrogens with zero attached hydrogens (tertiary/aromatic N) is 2. The lowest BCUT2D eigenvalue weighted by Gasteiger charge is -2.40. The molecule has 2 amide bonds. The topological polar surface area (TPSA) is 75.4 Å². The van der Waals surface area contributed by atoms with Gasteiger partial charge in [0.15, 0.2) is 11.3 Å². The van der Waals surface area contributed by atoms with Gasteiger partial charge in [0.2, 0.25) is 5.91 Å². The summed E-state index contributed by atoms with van der Waals surface area (Å²) in [6, 6.07) is 9.75. The van der Waals surface area contributed by atoms with Crippen LogP contribution < -0.4 is 5.32 Å². The molecular weight excluding hydrogens is 397 g/mol. The molecule has 1 unspecified atom stereocenters. The number of fused-ring (bicyclic) bond motifs is 1. The van der Waals surface area contributed by atoms with Crippen molar-refractivity contribution in [3.8, 4) is 11.3 Å². The van der Waals surface area contributed by atoms with Crippen LogP contribution in [0.15, 0.2) is 40.8 Å². The van der Waals surface area contributed by atoms with Crippen LogP contribution in [0.2, 0.25) is 0 Å². The largest absolute Gasteiger partial charge is 0.449 e. The Hall–Kier alpha value is -3.22. The van der Waals surface area contributed by atoms with Crippen molar-refractivity contribution in [2.75, 3.05) is 13.1 Å². The number of hydrogen-bond donors (Lipinski definition) is 1. The fourth-order valence-electron chi connectivity index (χ4n) is 3.89. The predicted molar refractivity (Wildman–Crippen MR) is 116 cm³/mol. The molecule has 0 aliphatic carbocycles. The lowest BCUT2D eigenvalue weighted by Crippen LogP contribution is -2.63. The number of amides is 2. The van der Waals surface area contributed by atoms with Crippen molar-refractivity contribution >= 4 is 22.9 Å². The molecule has 7 heteroatoms. The molecule has 1 saturated heterocycles. The zero-order valence-corrected chi connectivity index (χ0v) is 18.2. The van der Waals surface area contributed by atoms with E-state index in [1.165, 1.54) is 17.0 Å². The van der Waals surface area contributed by atoms with Crippen LogP contribution in [-0.2, 0) is 4.79 Å². The van der Waals surface area contributed by atoms with Gasteiger partial charge in [-0.05, 0) is 56.5 Å². The summed E-state index contributed by atoms with van der Waals surface area (Å²) < 4.78 is 19.4. The maximum absolute atomic E-state index is 13.4. The molecule has 6 nitrogen and oxygen atoms in total. The highest BCUT2D eigenvalue weighted by atomic mass is 19.1. The van der Waals surface area contributed by atoms with Gasteiger partial charge in [-0.25, -0.2) is 9.37 Å². The van der Waals surface area contributed by atoms with E-state index in [2.05, 4.69) is 24.1 Å². The second-order valence-electron chi connectivity index (χ2n) is 8.51. The molecule has 162 valence electrons. The monoisotopic (exact) mass is 423 g/mol. The van der Waals surface area contributed by atoms with E-state index in [1.54, 1.807) is 32.0 Å². The summed E-state index contributed by atoms with van der Waals surface area (Å²) >= 11 is 0. The number of aromatic nitrogens is 1. The summed E-state index contributed by atoms with van der Waals surface area (Å²) in [7, 11) is 0. The van der Waals surface area contributed by atoms with E-state index < -0.39 is 5.54 Å². The zero-order valence-electron chi connectivity index (χ0n) is 18.2. The van der Waals surface area contributed by atoms with E-state index in [4.69, 9.17) is 4.42 Å². The van der Waals surface area contributed by atoms with Crippen LogP contribution in [0.5, 0.6) is 0 Å². The SMILES string of the molecule is CCC(C)c1cc(-c2ccc(F)cc2)nc2cc(C(=O)N3CCNC(=O)C3(C)C)oc12. The third-order valence-electron chi connectivity index (χ3n) is 6.10. The summed E-state index contributed by atoms with van der Waals surface area (Å²) in [4.78, 5) is 31.7. The summed E-state index contributed by atoms with van der Waals surface area (Å²) in [5, 5.41) is 2.79. The molecule has 3 aromatic rings. The Morgan fingerprint density at radius 3 is 2.68 bits per heavy atom. The smallest absolute Gasteiger partial charge is 0.290 e. The Labute approximate surface area is 180 Å². The molecule has 1 aliphatic rings. The van der Waals surface area contributed by atoms with Crippen LogP contribution in [0.4, 0.5) is 4.39 Å². The fourth-order valence-corrected chi connectivity index (χ4v) is 3.89. The van der Waals surface area contributed by atoms with E-state index in [0.717, 1.165) is 17.5 Å². The first-order valence-corrected chi connectivity index (χ1v) is 10.5. The fraction of sp³-hybridized carbons (Fsp3) is 0.375. The van der Waals surface area contributed by atoms with Crippen molar-refractivity contribution in [2.24, 2.45) is 0 Å². The van der Waals surface area contributed by atoms with Crippen molar-refractivity contribution in [1.29, 1.82) is 0 Å². The lowest BCUT2D eigenvalue weighted by atomic mass is 9.96. The van der Waals surface area contributed by atoms with Crippen molar-refractivity contribution in [2.45, 2.75) is 45.6 Å². The van der Waals surface area contributed by atoms with Crippen molar-refractivity contribution in [1.82, 2.24) is 15.2 Å². The van der Waals surface area contributed by atoms with Crippen LogP contribution in [-0.4, -0.2) is 40.3 Å². The summed E-state index contributed by atoms with van der Waals surface area (Å²) in [5.41, 5.74) is 2.60. The second-order valence-corrected chi connectivity index (χ2v) is 8.51. The van der Waals surface area contributed by atoms with Crippen LogP contribution >= 0.6 is 0 Å². The maximum atomic E-state index is 13.4. The molecule has 2 aromatic heterocycles. The Bertz CT molecular complexity index is 1150. The minimum atomic E-state index is -0.972. The molecule has 1 fully saturated rings. The van der Waals surface area contributed by atoms with Crippen molar-refractivity contribution < 1.29 is 18.4 Å². The number of nitrogens with one attached hydrogen (secondary N) is 1. The number of piperazine rings is 1. The zero-order chi connectivity index (χ0) is 22.3. The van der Waals surface area contributed by atoms with Gasteiger partial charge in [-0.2, -0.15) is 0 Å². The molecule has 3 heterocycles. The molecular formula is C24H26FN3O3. The van der Waals surface area contributed by atoms with Gasteiger partial charge >= 0.3 is 0 Å². The van der Waals surface area contributed by atoms with Crippen LogP contribution in [0.1, 0.15) is 56.2 Å². The summed E-state index contributed by atoms with van der Waals surface area (Å²) in [5.74, 6) is -0.505. The third-order valence-corrected chi connectivity index (χ3v) is 6.10. The third kappa shape index (κ3) is 3.69. The first-order valence-electron chi connectivity index (χ1n) is 10.5. The standard InChI is InChI=1S/C24H26FN3O3/c1-5-14(2)17-12-18(15-6-8-16(25)9-7-15)27-19-13-20(31-21(17)19)22(29)28-11-10-26-23(30)24(28,3)4/h6-9,12-14H,5,10-11H2,1-4H3,(H,26,30). The van der Waals surface area contributed by atoms with E-state index in [0.29, 0.717) is 29.9 Å². The van der Waals surface area contributed by atoms with Crippen LogP contribution in [0.3, 0.4) is 0 Å². The molecule has 0 bridgehead atoms. The highest BCUT2D eigenvalue weighted by molar-refractivity contribution is 6.00. The van der Waals surface area contributed by atoms with E-state index in [9.17, 15) is 14.0 Å². The number of furan rings is 1. The lowest BCUT2D eigenvalue weighted by molar-refractivity contribution is -0.133. The second kappa shape index (κ2) is 7.80. The Morgan fingerprint density at radius 2 is 2.00 bits per heavy atom. The van der Waals surface area contributed by atoms with Gasteiger partial charge in [0.25, 0.3) is 5.91 Å². The molecule has 1 aliphatic heterocycles. The Kier molecular flexibility index (Phi) is 5.29. The minimum absolute atomic E-state index is 0.158. The van der Waals surface area contributed by atoms with Gasteiger partial charge in [0.1, 0.15) is 16.9 Å². The van der Waals surface area contributed by atoms with Crippen LogP contribution in [0, 0.1) is 5.82 Å². The van der Waals surface area contributed by atoms with Gasteiger partial charge in [-0.15, -0.1) is 0 Å². The van der Waals surface area contributed by atoms with E-state index in [1.807, 2.05) is 6.07 Å². The van der Waals surface area contributed by atoms with Gasteiger partial charge < -0.3 is 14.6 Å². The number of halogens is 1. The number of pyridine rings is 1. The molecule has 1 atom stereocenters. The predicted octanol–water partition coefficient (Wildman–Crippen LogP) is 4.50. The minimum Gasteiger partial charge on any atom is -0.449 e. The molecule has 1 N–H and O–H groups in total. The van der Waals surface area contributed by atoms with Gasteiger partial charge in [0.05, 0.1) is 5.69 Å². The van der Waals surface area contributed by atoms with Crippen LogP contribution in [0.25, 0.3) is 22.4 Å². The first kappa shape index (κ1) is 21.0. The number of carbonyl (C=O) groups is 2. The van der Waals surface area contributed by atoms with E-state index in [-0.39, 0.29) is 29.3 Å². The van der Waals surface area contributed by atoms with Gasteiger partial charge in [0, 0.05) is 30.3 Å². The van der Waals surface area contributed by atoms with E-state index >= 15 is 0 Å². The maximum Gasteiger partial charge on any atom is 0.290 e. The van der Waals surface area contributed by atoms with Gasteiger partial charge in [-0.1, -0.05) is 13.8 Å². The van der Waals surface area contributed by atoms with Crippen molar-refractivity contribution in [3.05, 3.63) is 53.5 Å². The normalized spacial score (nSPS) is 16.9. The quantitative estimate of drug-likeness (QED) is 0.671. The molecule has 0 radical (unpaired) electrons. The Balaban J connectivity index is 1.81. The summed E-state index contributed by atoms with van der Waals surface area (Å²) in [6.07, 6.45) is 0.880. The summed E-state index contributed by atoms with van der Waals surface area (Å²) in [6.45, 7) is 8.42. The average molecular weight is 423 g/mol.